The van der Waals surface area contributed by atoms with E-state index in [1.54, 1.807) is 17.1 Å². The highest BCUT2D eigenvalue weighted by atomic mass is 16.4. The number of amides is 1. The lowest BCUT2D eigenvalue weighted by atomic mass is 9.97. The molecule has 1 N–H and O–H groups in total. The largest absolute Gasteiger partial charge is 0.481 e. The monoisotopic (exact) mass is 237 g/mol. The van der Waals surface area contributed by atoms with E-state index in [1.165, 1.54) is 4.90 Å². The van der Waals surface area contributed by atoms with Gasteiger partial charge in [-0.05, 0) is 13.3 Å². The summed E-state index contributed by atoms with van der Waals surface area (Å²) in [6.45, 7) is 2.92. The van der Waals surface area contributed by atoms with E-state index in [4.69, 9.17) is 5.11 Å². The van der Waals surface area contributed by atoms with Crippen molar-refractivity contribution >= 4 is 17.6 Å². The number of carboxylic acids is 1. The van der Waals surface area contributed by atoms with Gasteiger partial charge in [0.15, 0.2) is 0 Å². The third kappa shape index (κ3) is 2.30. The van der Waals surface area contributed by atoms with E-state index in [1.807, 2.05) is 6.92 Å². The molecule has 0 bridgehead atoms. The zero-order valence-corrected chi connectivity index (χ0v) is 9.67. The lowest BCUT2D eigenvalue weighted by Crippen LogP contribution is -2.42. The van der Waals surface area contributed by atoms with Gasteiger partial charge in [0.2, 0.25) is 5.91 Å². The van der Waals surface area contributed by atoms with Crippen molar-refractivity contribution in [1.82, 2.24) is 9.78 Å². The van der Waals surface area contributed by atoms with E-state index < -0.39 is 11.9 Å². The zero-order chi connectivity index (χ0) is 12.4. The van der Waals surface area contributed by atoms with Crippen LogP contribution in [0.15, 0.2) is 12.4 Å². The Morgan fingerprint density at radius 2 is 2.41 bits per heavy atom. The third-order valence-electron chi connectivity index (χ3n) is 3.02. The number of rotatable bonds is 3. The Labute approximate surface area is 98.8 Å². The number of aryl methyl sites for hydroxylation is 1. The fourth-order valence-corrected chi connectivity index (χ4v) is 1.96. The number of carbonyl (C=O) groups excluding carboxylic acids is 1. The molecule has 1 atom stereocenters. The second kappa shape index (κ2) is 4.57. The minimum Gasteiger partial charge on any atom is -0.481 e. The van der Waals surface area contributed by atoms with Crippen LogP contribution in [0.5, 0.6) is 0 Å². The molecule has 6 heteroatoms. The van der Waals surface area contributed by atoms with Gasteiger partial charge in [-0.1, -0.05) is 0 Å². The number of carbonyl (C=O) groups is 2. The van der Waals surface area contributed by atoms with Crippen molar-refractivity contribution in [3.63, 3.8) is 0 Å². The predicted octanol–water partition coefficient (Wildman–Crippen LogP) is 0.731. The quantitative estimate of drug-likeness (QED) is 0.840. The summed E-state index contributed by atoms with van der Waals surface area (Å²) in [5, 5.41) is 13.1. The molecule has 1 unspecified atom stereocenters. The van der Waals surface area contributed by atoms with Crippen LogP contribution in [0.3, 0.4) is 0 Å². The van der Waals surface area contributed by atoms with E-state index in [0.717, 1.165) is 6.54 Å². The Balaban J connectivity index is 2.17. The van der Waals surface area contributed by atoms with Gasteiger partial charge in [-0.3, -0.25) is 14.3 Å². The maximum absolute atomic E-state index is 11.8. The van der Waals surface area contributed by atoms with Crippen LogP contribution in [0.4, 0.5) is 5.69 Å². The molecule has 6 nitrogen and oxygen atoms in total. The topological polar surface area (TPSA) is 75.4 Å². The van der Waals surface area contributed by atoms with E-state index in [2.05, 4.69) is 5.10 Å². The molecule has 2 heterocycles. The number of carboxylic acid groups (broad SMARTS) is 1. The van der Waals surface area contributed by atoms with Gasteiger partial charge in [0, 0.05) is 25.7 Å². The molecule has 1 aliphatic rings. The Morgan fingerprint density at radius 1 is 1.65 bits per heavy atom. The second-order valence-electron chi connectivity index (χ2n) is 4.13. The molecular weight excluding hydrogens is 222 g/mol. The molecule has 1 saturated heterocycles. The van der Waals surface area contributed by atoms with E-state index in [0.29, 0.717) is 12.1 Å². The summed E-state index contributed by atoms with van der Waals surface area (Å²) in [6, 6.07) is 0. The van der Waals surface area contributed by atoms with Gasteiger partial charge >= 0.3 is 5.97 Å². The van der Waals surface area contributed by atoms with Crippen LogP contribution in [0.1, 0.15) is 19.8 Å². The molecule has 0 aromatic carbocycles. The molecule has 1 aromatic heterocycles. The summed E-state index contributed by atoms with van der Waals surface area (Å²) in [4.78, 5) is 24.2. The summed E-state index contributed by atoms with van der Waals surface area (Å²) >= 11 is 0. The number of aliphatic carboxylic acids is 1. The van der Waals surface area contributed by atoms with Crippen molar-refractivity contribution in [3.05, 3.63) is 12.4 Å². The molecule has 0 saturated carbocycles. The molecule has 2 rings (SSSR count). The molecule has 1 amide bonds. The van der Waals surface area contributed by atoms with Crippen LogP contribution < -0.4 is 4.90 Å². The minimum atomic E-state index is -0.842. The molecule has 0 spiro atoms. The Bertz CT molecular complexity index is 441. The summed E-state index contributed by atoms with van der Waals surface area (Å²) < 4.78 is 1.72. The highest BCUT2D eigenvalue weighted by Gasteiger charge is 2.31. The van der Waals surface area contributed by atoms with Crippen molar-refractivity contribution in [2.75, 3.05) is 11.4 Å². The second-order valence-corrected chi connectivity index (χ2v) is 4.13. The molecule has 1 fully saturated rings. The van der Waals surface area contributed by atoms with Crippen molar-refractivity contribution in [1.29, 1.82) is 0 Å². The fraction of sp³-hybridized carbons (Fsp3) is 0.545. The summed E-state index contributed by atoms with van der Waals surface area (Å²) in [6.07, 6.45) is 4.08. The van der Waals surface area contributed by atoms with Crippen molar-refractivity contribution in [2.24, 2.45) is 5.92 Å². The van der Waals surface area contributed by atoms with Crippen LogP contribution in [0.2, 0.25) is 0 Å². The maximum Gasteiger partial charge on any atom is 0.308 e. The van der Waals surface area contributed by atoms with Gasteiger partial charge in [0.05, 0.1) is 17.8 Å². The first-order chi connectivity index (χ1) is 8.11. The van der Waals surface area contributed by atoms with Gasteiger partial charge in [-0.15, -0.1) is 0 Å². The fourth-order valence-electron chi connectivity index (χ4n) is 1.96. The smallest absolute Gasteiger partial charge is 0.308 e. The minimum absolute atomic E-state index is 0.0295. The van der Waals surface area contributed by atoms with Crippen LogP contribution in [0.25, 0.3) is 0 Å². The van der Waals surface area contributed by atoms with Gasteiger partial charge in [0.1, 0.15) is 0 Å². The Morgan fingerprint density at radius 3 is 3.00 bits per heavy atom. The highest BCUT2D eigenvalue weighted by molar-refractivity contribution is 5.95. The number of nitrogens with zero attached hydrogens (tertiary/aromatic N) is 3. The first kappa shape index (κ1) is 11.6. The molecular formula is C11H15N3O3. The molecule has 1 aromatic rings. The van der Waals surface area contributed by atoms with E-state index in [9.17, 15) is 9.59 Å². The molecule has 17 heavy (non-hydrogen) atoms. The van der Waals surface area contributed by atoms with E-state index >= 15 is 0 Å². The maximum atomic E-state index is 11.8. The summed E-state index contributed by atoms with van der Waals surface area (Å²) in [5.74, 6) is -1.35. The first-order valence-corrected chi connectivity index (χ1v) is 5.67. The first-order valence-electron chi connectivity index (χ1n) is 5.67. The molecule has 1 aliphatic heterocycles. The lowest BCUT2D eigenvalue weighted by molar-refractivity contribution is -0.142. The van der Waals surface area contributed by atoms with Gasteiger partial charge < -0.3 is 10.0 Å². The average molecular weight is 237 g/mol. The SMILES string of the molecule is CCn1cc(N2CC(C(=O)O)CCC2=O)cn1. The number of anilines is 1. The molecule has 0 aliphatic carbocycles. The number of hydrogen-bond acceptors (Lipinski definition) is 3. The van der Waals surface area contributed by atoms with Crippen LogP contribution >= 0.6 is 0 Å². The van der Waals surface area contributed by atoms with Crippen LogP contribution in [-0.2, 0) is 16.1 Å². The van der Waals surface area contributed by atoms with E-state index in [-0.39, 0.29) is 18.9 Å². The molecule has 0 radical (unpaired) electrons. The number of hydrogen-bond donors (Lipinski definition) is 1. The average Bonchev–Trinajstić information content (AvgIpc) is 2.77. The number of aromatic nitrogens is 2. The van der Waals surface area contributed by atoms with Crippen LogP contribution in [0, 0.1) is 5.92 Å². The number of piperidine rings is 1. The standard InChI is InChI=1S/C11H15N3O3/c1-2-13-7-9(5-12-13)14-6-8(11(16)17)3-4-10(14)15/h5,7-8H,2-4,6H2,1H3,(H,16,17). The van der Waals surface area contributed by atoms with Gasteiger partial charge in [-0.2, -0.15) is 5.10 Å². The lowest BCUT2D eigenvalue weighted by Gasteiger charge is -2.29. The summed E-state index contributed by atoms with van der Waals surface area (Å²) in [5.41, 5.74) is 0.683. The van der Waals surface area contributed by atoms with Crippen LogP contribution in [-0.4, -0.2) is 33.3 Å². The molecule has 92 valence electrons. The normalized spacial score (nSPS) is 20.6. The zero-order valence-electron chi connectivity index (χ0n) is 9.67. The van der Waals surface area contributed by atoms with Gasteiger partial charge in [-0.25, -0.2) is 0 Å². The Kier molecular flexibility index (Phi) is 3.12. The predicted molar refractivity (Wildman–Crippen MR) is 60.6 cm³/mol. The summed E-state index contributed by atoms with van der Waals surface area (Å²) in [7, 11) is 0. The van der Waals surface area contributed by atoms with Crippen molar-refractivity contribution < 1.29 is 14.7 Å². The van der Waals surface area contributed by atoms with Crippen molar-refractivity contribution in [3.8, 4) is 0 Å². The Hall–Kier alpha value is -1.85. The van der Waals surface area contributed by atoms with Crippen molar-refractivity contribution in [2.45, 2.75) is 26.3 Å². The third-order valence-corrected chi connectivity index (χ3v) is 3.02. The highest BCUT2D eigenvalue weighted by Crippen LogP contribution is 2.23. The van der Waals surface area contributed by atoms with Gasteiger partial charge in [0.25, 0.3) is 0 Å².